The minimum Gasteiger partial charge on any atom is -0.497 e. The molecule has 0 saturated carbocycles. The molecule has 0 radical (unpaired) electrons. The van der Waals surface area contributed by atoms with Gasteiger partial charge in [0.1, 0.15) is 5.75 Å². The van der Waals surface area contributed by atoms with E-state index in [9.17, 15) is 9.59 Å². The summed E-state index contributed by atoms with van der Waals surface area (Å²) in [6.45, 7) is 0.291. The fraction of sp³-hybridized carbons (Fsp3) is 0.211. The van der Waals surface area contributed by atoms with Gasteiger partial charge in [-0.1, -0.05) is 29.3 Å². The molecule has 2 aromatic rings. The molecular weight excluding hydrogens is 389 g/mol. The fourth-order valence-electron chi connectivity index (χ4n) is 2.78. The van der Waals surface area contributed by atoms with Crippen LogP contribution in [0.1, 0.15) is 12.0 Å². The molecule has 1 N–H and O–H groups in total. The molecule has 140 valence electrons. The highest BCUT2D eigenvalue weighted by molar-refractivity contribution is 6.38. The van der Waals surface area contributed by atoms with Gasteiger partial charge in [0, 0.05) is 24.2 Å². The molecule has 2 aromatic carbocycles. The Morgan fingerprint density at radius 1 is 1.22 bits per heavy atom. The Morgan fingerprint density at radius 3 is 2.52 bits per heavy atom. The topological polar surface area (TPSA) is 71.0 Å². The highest BCUT2D eigenvalue weighted by Gasteiger charge is 2.35. The third-order valence-corrected chi connectivity index (χ3v) is 4.91. The minimum absolute atomic E-state index is 0.113. The van der Waals surface area contributed by atoms with E-state index in [1.54, 1.807) is 54.5 Å². The zero-order valence-electron chi connectivity index (χ0n) is 14.5. The van der Waals surface area contributed by atoms with Crippen LogP contribution in [0, 0.1) is 5.92 Å². The maximum Gasteiger partial charge on any atom is 0.245 e. The quantitative estimate of drug-likeness (QED) is 0.610. The number of carbonyl (C=O) groups excluding carboxylic acids is 2. The number of anilines is 1. The SMILES string of the molecule is COc1ccc(N2C[C@H](C(=O)N/N=C\c3c(Cl)cccc3Cl)CC2=O)cc1. The van der Waals surface area contributed by atoms with Gasteiger partial charge in [-0.05, 0) is 36.4 Å². The lowest BCUT2D eigenvalue weighted by Crippen LogP contribution is -2.30. The summed E-state index contributed by atoms with van der Waals surface area (Å²) in [5, 5.41) is 4.78. The van der Waals surface area contributed by atoms with E-state index < -0.39 is 5.92 Å². The number of methoxy groups -OCH3 is 1. The zero-order valence-corrected chi connectivity index (χ0v) is 16.0. The second-order valence-electron chi connectivity index (χ2n) is 5.97. The molecule has 2 amide bonds. The molecule has 1 saturated heterocycles. The van der Waals surface area contributed by atoms with Crippen LogP contribution in [0.4, 0.5) is 5.69 Å². The monoisotopic (exact) mass is 405 g/mol. The Hall–Kier alpha value is -2.57. The van der Waals surface area contributed by atoms with Crippen LogP contribution >= 0.6 is 23.2 Å². The first-order valence-electron chi connectivity index (χ1n) is 8.21. The van der Waals surface area contributed by atoms with Gasteiger partial charge < -0.3 is 9.64 Å². The fourth-order valence-corrected chi connectivity index (χ4v) is 3.28. The van der Waals surface area contributed by atoms with E-state index in [0.717, 1.165) is 5.69 Å². The normalized spacial score (nSPS) is 16.8. The molecule has 0 aliphatic carbocycles. The molecule has 1 atom stereocenters. The van der Waals surface area contributed by atoms with Crippen molar-refractivity contribution in [2.75, 3.05) is 18.6 Å². The summed E-state index contributed by atoms with van der Waals surface area (Å²) in [6, 6.07) is 12.2. The average Bonchev–Trinajstić information content (AvgIpc) is 3.06. The van der Waals surface area contributed by atoms with Crippen LogP contribution in [-0.4, -0.2) is 31.7 Å². The van der Waals surface area contributed by atoms with Crippen LogP contribution in [0.3, 0.4) is 0 Å². The third kappa shape index (κ3) is 4.40. The standard InChI is InChI=1S/C19H17Cl2N3O3/c1-27-14-7-5-13(6-8-14)24-11-12(9-18(24)25)19(26)23-22-10-15-16(20)3-2-4-17(15)21/h2-8,10,12H,9,11H2,1H3,(H,23,26)/b22-10-/t12-/m1/s1. The number of rotatable bonds is 5. The van der Waals surface area contributed by atoms with E-state index in [4.69, 9.17) is 27.9 Å². The number of ether oxygens (including phenoxy) is 1. The zero-order chi connectivity index (χ0) is 19.4. The first-order valence-corrected chi connectivity index (χ1v) is 8.96. The Kier molecular flexibility index (Phi) is 5.98. The Labute approximate surface area is 166 Å². The predicted octanol–water partition coefficient (Wildman–Crippen LogP) is 3.51. The lowest BCUT2D eigenvalue weighted by atomic mass is 10.1. The number of hydrazone groups is 1. The lowest BCUT2D eigenvalue weighted by Gasteiger charge is -2.16. The number of halogens is 2. The number of amides is 2. The van der Waals surface area contributed by atoms with Crippen molar-refractivity contribution in [2.24, 2.45) is 11.0 Å². The predicted molar refractivity (Wildman–Crippen MR) is 106 cm³/mol. The van der Waals surface area contributed by atoms with Crippen LogP contribution in [-0.2, 0) is 9.59 Å². The Balaban J connectivity index is 1.62. The molecule has 0 bridgehead atoms. The van der Waals surface area contributed by atoms with Crippen LogP contribution in [0.5, 0.6) is 5.75 Å². The Morgan fingerprint density at radius 2 is 1.89 bits per heavy atom. The van der Waals surface area contributed by atoms with Gasteiger partial charge in [-0.3, -0.25) is 9.59 Å². The lowest BCUT2D eigenvalue weighted by molar-refractivity contribution is -0.126. The van der Waals surface area contributed by atoms with Crippen molar-refractivity contribution < 1.29 is 14.3 Å². The van der Waals surface area contributed by atoms with Crippen molar-refractivity contribution in [3.05, 3.63) is 58.1 Å². The second kappa shape index (κ2) is 8.41. The number of hydrogen-bond acceptors (Lipinski definition) is 4. The summed E-state index contributed by atoms with van der Waals surface area (Å²) in [4.78, 5) is 26.2. The van der Waals surface area contributed by atoms with Crippen molar-refractivity contribution in [3.8, 4) is 5.75 Å². The summed E-state index contributed by atoms with van der Waals surface area (Å²) in [7, 11) is 1.58. The van der Waals surface area contributed by atoms with E-state index in [0.29, 0.717) is 27.9 Å². The first kappa shape index (κ1) is 19.2. The van der Waals surface area contributed by atoms with Crippen LogP contribution in [0.15, 0.2) is 47.6 Å². The van der Waals surface area contributed by atoms with Gasteiger partial charge in [0.15, 0.2) is 0 Å². The Bertz CT molecular complexity index is 864. The maximum atomic E-state index is 12.3. The van der Waals surface area contributed by atoms with Crippen molar-refractivity contribution in [2.45, 2.75) is 6.42 Å². The summed E-state index contributed by atoms with van der Waals surface area (Å²) in [6.07, 6.45) is 1.51. The van der Waals surface area contributed by atoms with E-state index >= 15 is 0 Å². The van der Waals surface area contributed by atoms with Gasteiger partial charge >= 0.3 is 0 Å². The number of benzene rings is 2. The second-order valence-corrected chi connectivity index (χ2v) is 6.79. The van der Waals surface area contributed by atoms with Crippen molar-refractivity contribution in [3.63, 3.8) is 0 Å². The average molecular weight is 406 g/mol. The van der Waals surface area contributed by atoms with Gasteiger partial charge in [0.25, 0.3) is 0 Å². The molecule has 6 nitrogen and oxygen atoms in total. The summed E-state index contributed by atoms with van der Waals surface area (Å²) in [5.41, 5.74) is 3.69. The van der Waals surface area contributed by atoms with Gasteiger partial charge in [0.2, 0.25) is 11.8 Å². The van der Waals surface area contributed by atoms with Gasteiger partial charge in [-0.15, -0.1) is 0 Å². The minimum atomic E-state index is -0.488. The van der Waals surface area contributed by atoms with Crippen LogP contribution < -0.4 is 15.1 Å². The van der Waals surface area contributed by atoms with E-state index in [1.807, 2.05) is 0 Å². The molecule has 0 spiro atoms. The summed E-state index contributed by atoms with van der Waals surface area (Å²) >= 11 is 12.1. The van der Waals surface area contributed by atoms with Gasteiger partial charge in [-0.25, -0.2) is 5.43 Å². The smallest absolute Gasteiger partial charge is 0.245 e. The first-order chi connectivity index (χ1) is 13.0. The van der Waals surface area contributed by atoms with E-state index in [-0.39, 0.29) is 18.2 Å². The number of nitrogens with one attached hydrogen (secondary N) is 1. The van der Waals surface area contributed by atoms with Crippen LogP contribution in [0.25, 0.3) is 0 Å². The number of nitrogens with zero attached hydrogens (tertiary/aromatic N) is 2. The number of carbonyl (C=O) groups is 2. The largest absolute Gasteiger partial charge is 0.497 e. The molecule has 27 heavy (non-hydrogen) atoms. The molecular formula is C19H17Cl2N3O3. The molecule has 1 aliphatic heterocycles. The third-order valence-electron chi connectivity index (χ3n) is 4.25. The molecule has 8 heteroatoms. The van der Waals surface area contributed by atoms with Gasteiger partial charge in [-0.2, -0.15) is 5.10 Å². The van der Waals surface area contributed by atoms with Gasteiger partial charge in [0.05, 0.1) is 29.3 Å². The summed E-state index contributed by atoms with van der Waals surface area (Å²) in [5.74, 6) is -0.233. The highest BCUT2D eigenvalue weighted by atomic mass is 35.5. The molecule has 0 aromatic heterocycles. The molecule has 0 unspecified atom stereocenters. The van der Waals surface area contributed by atoms with E-state index in [2.05, 4.69) is 10.5 Å². The van der Waals surface area contributed by atoms with Crippen molar-refractivity contribution in [1.82, 2.24) is 5.43 Å². The number of hydrogen-bond donors (Lipinski definition) is 1. The summed E-state index contributed by atoms with van der Waals surface area (Å²) < 4.78 is 5.11. The molecule has 1 heterocycles. The molecule has 3 rings (SSSR count). The highest BCUT2D eigenvalue weighted by Crippen LogP contribution is 2.27. The maximum absolute atomic E-state index is 12.3. The van der Waals surface area contributed by atoms with Crippen LogP contribution in [0.2, 0.25) is 10.0 Å². The van der Waals surface area contributed by atoms with E-state index in [1.165, 1.54) is 6.21 Å². The van der Waals surface area contributed by atoms with Crippen molar-refractivity contribution >= 4 is 46.9 Å². The molecule has 1 aliphatic rings. The molecule has 1 fully saturated rings. The van der Waals surface area contributed by atoms with Crippen molar-refractivity contribution in [1.29, 1.82) is 0 Å².